The predicted octanol–water partition coefficient (Wildman–Crippen LogP) is 3.70. The highest BCUT2D eigenvalue weighted by Gasteiger charge is 2.59. The van der Waals surface area contributed by atoms with Crippen LogP contribution in [0, 0.1) is 23.7 Å². The Balaban J connectivity index is 1.75. The minimum absolute atomic E-state index is 0.0515. The van der Waals surface area contributed by atoms with Crippen molar-refractivity contribution in [2.75, 3.05) is 24.9 Å². The highest BCUT2D eigenvalue weighted by Crippen LogP contribution is 2.63. The van der Waals surface area contributed by atoms with Crippen molar-refractivity contribution >= 4 is 32.4 Å². The number of carbonyl (C=O) groups is 1. The van der Waals surface area contributed by atoms with Gasteiger partial charge in [0.25, 0.3) is 10.0 Å². The van der Waals surface area contributed by atoms with Crippen LogP contribution in [0.2, 0.25) is 0 Å². The number of carbonyl (C=O) groups excluding carboxylic acids is 1. The number of likely N-dealkylation sites (N-methyl/N-ethyl adjacent to an activating group) is 1. The smallest absolute Gasteiger partial charge is 0.263 e. The fraction of sp³-hybridized carbons (Fsp3) is 0.556. The zero-order chi connectivity index (χ0) is 27.2. The molecule has 0 saturated heterocycles. The van der Waals surface area contributed by atoms with Crippen molar-refractivity contribution in [3.63, 3.8) is 0 Å². The van der Waals surface area contributed by atoms with Crippen LogP contribution in [0.4, 0.5) is 5.13 Å². The molecule has 2 aliphatic rings. The monoisotopic (exact) mass is 547 g/mol. The second-order valence-electron chi connectivity index (χ2n) is 11.0. The topological polar surface area (TPSA) is 120 Å². The molecule has 5 atom stereocenters. The van der Waals surface area contributed by atoms with E-state index in [9.17, 15) is 23.4 Å². The molecule has 202 valence electrons. The maximum atomic E-state index is 13.2. The van der Waals surface area contributed by atoms with E-state index >= 15 is 0 Å². The lowest BCUT2D eigenvalue weighted by molar-refractivity contribution is -0.146. The first-order valence-corrected chi connectivity index (χ1v) is 14.9. The molecule has 1 amide bonds. The number of aliphatic hydroxyl groups is 2. The third-order valence-corrected chi connectivity index (χ3v) is 11.1. The van der Waals surface area contributed by atoms with Gasteiger partial charge in [0.15, 0.2) is 5.13 Å². The summed E-state index contributed by atoms with van der Waals surface area (Å²) < 4.78 is 28.8. The lowest BCUT2D eigenvalue weighted by Crippen LogP contribution is -2.57. The van der Waals surface area contributed by atoms with E-state index in [4.69, 9.17) is 4.98 Å². The van der Waals surface area contributed by atoms with E-state index in [0.29, 0.717) is 25.8 Å². The second kappa shape index (κ2) is 10.1. The Morgan fingerprint density at radius 3 is 2.62 bits per heavy atom. The fourth-order valence-electron chi connectivity index (χ4n) is 6.21. The molecule has 8 nitrogen and oxygen atoms in total. The number of fused-ring (bicyclic) bond motifs is 2. The summed E-state index contributed by atoms with van der Waals surface area (Å²) in [6.07, 6.45) is 2.97. The maximum absolute atomic E-state index is 13.2. The molecule has 0 aliphatic heterocycles. The van der Waals surface area contributed by atoms with Gasteiger partial charge in [-0.1, -0.05) is 37.6 Å². The van der Waals surface area contributed by atoms with Crippen LogP contribution in [-0.2, 0) is 21.2 Å². The molecule has 37 heavy (non-hydrogen) atoms. The third-order valence-electron chi connectivity index (χ3n) is 8.65. The summed E-state index contributed by atoms with van der Waals surface area (Å²) in [5.74, 6) is -0.441. The van der Waals surface area contributed by atoms with E-state index in [1.165, 1.54) is 11.3 Å². The lowest BCUT2D eigenvalue weighted by atomic mass is 9.47. The van der Waals surface area contributed by atoms with Gasteiger partial charge in [0.05, 0.1) is 23.3 Å². The van der Waals surface area contributed by atoms with E-state index in [0.717, 1.165) is 16.1 Å². The normalized spacial score (nSPS) is 29.2. The van der Waals surface area contributed by atoms with Crippen LogP contribution in [-0.4, -0.2) is 60.7 Å². The van der Waals surface area contributed by atoms with Crippen molar-refractivity contribution in [1.82, 2.24) is 9.88 Å². The van der Waals surface area contributed by atoms with E-state index in [1.807, 2.05) is 13.8 Å². The number of thiazole rings is 1. The number of nitrogens with one attached hydrogen (secondary N) is 1. The molecule has 1 aromatic heterocycles. The molecule has 4 rings (SSSR count). The number of hydrogen-bond acceptors (Lipinski definition) is 7. The van der Waals surface area contributed by atoms with E-state index in [2.05, 4.69) is 18.2 Å². The van der Waals surface area contributed by atoms with Gasteiger partial charge in [0.1, 0.15) is 0 Å². The molecule has 1 fully saturated rings. The number of amides is 1. The van der Waals surface area contributed by atoms with E-state index < -0.39 is 27.0 Å². The van der Waals surface area contributed by atoms with Crippen molar-refractivity contribution < 1.29 is 23.4 Å². The number of anilines is 1. The SMILES string of the molecule is C=CCN(C)C(=O)CC1c2nc(NS(=O)(=O)c3ccc(C)cc3)sc2CC2C(C)(CO)C(O)CCC12C. The van der Waals surface area contributed by atoms with Crippen LogP contribution >= 0.6 is 11.3 Å². The summed E-state index contributed by atoms with van der Waals surface area (Å²) in [7, 11) is -2.10. The summed E-state index contributed by atoms with van der Waals surface area (Å²) in [6, 6.07) is 6.61. The van der Waals surface area contributed by atoms with Crippen LogP contribution < -0.4 is 4.72 Å². The van der Waals surface area contributed by atoms with Crippen LogP contribution in [0.3, 0.4) is 0 Å². The molecule has 2 aliphatic carbocycles. The number of benzene rings is 1. The van der Waals surface area contributed by atoms with Crippen LogP contribution in [0.15, 0.2) is 41.8 Å². The Morgan fingerprint density at radius 1 is 1.32 bits per heavy atom. The summed E-state index contributed by atoms with van der Waals surface area (Å²) in [6.45, 7) is 9.90. The van der Waals surface area contributed by atoms with Gasteiger partial charge < -0.3 is 15.1 Å². The largest absolute Gasteiger partial charge is 0.396 e. The highest BCUT2D eigenvalue weighted by molar-refractivity contribution is 7.93. The summed E-state index contributed by atoms with van der Waals surface area (Å²) in [5, 5.41) is 21.6. The lowest BCUT2D eigenvalue weighted by Gasteiger charge is -2.58. The fourth-order valence-corrected chi connectivity index (χ4v) is 8.51. The number of aryl methyl sites for hydroxylation is 1. The van der Waals surface area contributed by atoms with Gasteiger partial charge in [-0.05, 0) is 49.7 Å². The van der Waals surface area contributed by atoms with Gasteiger partial charge in [-0.3, -0.25) is 9.52 Å². The first-order valence-electron chi connectivity index (χ1n) is 12.6. The van der Waals surface area contributed by atoms with Gasteiger partial charge in [0.2, 0.25) is 5.91 Å². The Bertz CT molecular complexity index is 1280. The van der Waals surface area contributed by atoms with Gasteiger partial charge in [-0.2, -0.15) is 0 Å². The third kappa shape index (κ3) is 4.96. The Morgan fingerprint density at radius 2 is 2.00 bits per heavy atom. The average Bonchev–Trinajstić information content (AvgIpc) is 3.24. The van der Waals surface area contributed by atoms with Crippen LogP contribution in [0.5, 0.6) is 0 Å². The quantitative estimate of drug-likeness (QED) is 0.434. The molecule has 1 aromatic carbocycles. The Kier molecular flexibility index (Phi) is 7.60. The first kappa shape index (κ1) is 27.8. The minimum atomic E-state index is -3.84. The van der Waals surface area contributed by atoms with Crippen molar-refractivity contribution in [2.24, 2.45) is 16.7 Å². The van der Waals surface area contributed by atoms with E-state index in [-0.39, 0.29) is 40.8 Å². The van der Waals surface area contributed by atoms with Crippen molar-refractivity contribution in [3.05, 3.63) is 53.1 Å². The molecule has 0 radical (unpaired) electrons. The summed E-state index contributed by atoms with van der Waals surface area (Å²) >= 11 is 1.27. The molecule has 1 saturated carbocycles. The summed E-state index contributed by atoms with van der Waals surface area (Å²) in [4.78, 5) is 20.6. The molecular formula is C27H37N3O5S2. The zero-order valence-electron chi connectivity index (χ0n) is 21.9. The molecule has 2 aromatic rings. The molecule has 10 heteroatoms. The van der Waals surface area contributed by atoms with E-state index in [1.54, 1.807) is 42.3 Å². The Labute approximate surface area is 223 Å². The van der Waals surface area contributed by atoms with Crippen molar-refractivity contribution in [3.8, 4) is 0 Å². The number of aliphatic hydroxyl groups excluding tert-OH is 2. The average molecular weight is 548 g/mol. The molecule has 5 unspecified atom stereocenters. The zero-order valence-corrected chi connectivity index (χ0v) is 23.5. The first-order chi connectivity index (χ1) is 17.4. The molecule has 0 bridgehead atoms. The second-order valence-corrected chi connectivity index (χ2v) is 13.8. The van der Waals surface area contributed by atoms with Gasteiger partial charge in [-0.15, -0.1) is 17.9 Å². The molecule has 3 N–H and O–H groups in total. The number of aromatic nitrogens is 1. The minimum Gasteiger partial charge on any atom is -0.396 e. The predicted molar refractivity (Wildman–Crippen MR) is 145 cm³/mol. The number of hydrogen-bond donors (Lipinski definition) is 3. The summed E-state index contributed by atoms with van der Waals surface area (Å²) in [5.41, 5.74) is 0.546. The van der Waals surface area contributed by atoms with Gasteiger partial charge >= 0.3 is 0 Å². The Hall–Kier alpha value is -2.27. The molecule has 1 heterocycles. The van der Waals surface area contributed by atoms with Crippen molar-refractivity contribution in [2.45, 2.75) is 63.4 Å². The van der Waals surface area contributed by atoms with Gasteiger partial charge in [0, 0.05) is 36.2 Å². The number of nitrogens with zero attached hydrogens (tertiary/aromatic N) is 2. The number of rotatable bonds is 8. The highest BCUT2D eigenvalue weighted by atomic mass is 32.2. The van der Waals surface area contributed by atoms with Crippen molar-refractivity contribution in [1.29, 1.82) is 0 Å². The standard InChI is InChI=1S/C27H37N3O5S2/c1-6-13-30(5)23(33)14-19-24-20(15-21-26(19,3)12-11-22(32)27(21,4)16-31)36-25(28-24)29-37(34,35)18-9-7-17(2)8-10-18/h6-10,19,21-22,31-32H,1,11-16H2,2-5H3,(H,28,29). The van der Waals surface area contributed by atoms with Crippen LogP contribution in [0.1, 0.15) is 55.2 Å². The molecular weight excluding hydrogens is 510 g/mol. The number of sulfonamides is 1. The van der Waals surface area contributed by atoms with Crippen LogP contribution in [0.25, 0.3) is 0 Å². The molecule has 0 spiro atoms. The van der Waals surface area contributed by atoms with Gasteiger partial charge in [-0.25, -0.2) is 13.4 Å². The maximum Gasteiger partial charge on any atom is 0.263 e.